The molecule has 1 heterocycles. The van der Waals surface area contributed by atoms with Gasteiger partial charge in [0.1, 0.15) is 0 Å². The normalized spacial score (nSPS) is 12.4. The van der Waals surface area contributed by atoms with E-state index in [1.807, 2.05) is 13.8 Å². The van der Waals surface area contributed by atoms with Crippen LogP contribution in [-0.2, 0) is 16.1 Å². The third-order valence-electron chi connectivity index (χ3n) is 2.69. The van der Waals surface area contributed by atoms with Gasteiger partial charge in [0, 0.05) is 19.2 Å². The summed E-state index contributed by atoms with van der Waals surface area (Å²) in [4.78, 5) is 22.6. The van der Waals surface area contributed by atoms with E-state index in [9.17, 15) is 9.59 Å². The van der Waals surface area contributed by atoms with Crippen LogP contribution in [0.2, 0.25) is 0 Å². The maximum absolute atomic E-state index is 11.6. The molecule has 0 bridgehead atoms. The molecule has 1 aromatic heterocycles. The van der Waals surface area contributed by atoms with Crippen molar-refractivity contribution in [1.29, 1.82) is 0 Å². The first-order valence-electron chi connectivity index (χ1n) is 6.32. The molecule has 19 heavy (non-hydrogen) atoms. The molecule has 0 saturated heterocycles. The van der Waals surface area contributed by atoms with Crippen LogP contribution in [0.5, 0.6) is 0 Å². The monoisotopic (exact) mass is 268 g/mol. The average molecular weight is 268 g/mol. The van der Waals surface area contributed by atoms with Crippen LogP contribution < -0.4 is 5.32 Å². The zero-order chi connectivity index (χ0) is 14.3. The lowest BCUT2D eigenvalue weighted by molar-refractivity contribution is -0.142. The van der Waals surface area contributed by atoms with E-state index in [0.29, 0.717) is 13.0 Å². The molecule has 0 fully saturated rings. The molecule has 0 aliphatic carbocycles. The van der Waals surface area contributed by atoms with Crippen molar-refractivity contribution < 1.29 is 14.7 Å². The second-order valence-electron chi connectivity index (χ2n) is 4.88. The molecule has 0 spiro atoms. The minimum absolute atomic E-state index is 0.170. The lowest BCUT2D eigenvalue weighted by atomic mass is 9.97. The SMILES string of the molecule is CC(C)CC(CNC(=O)CCn1ccnn1)C(=O)O. The molecule has 1 rings (SSSR count). The molecule has 106 valence electrons. The molecule has 0 aliphatic heterocycles. The van der Waals surface area contributed by atoms with E-state index in [0.717, 1.165) is 0 Å². The van der Waals surface area contributed by atoms with Crippen LogP contribution in [0.1, 0.15) is 26.7 Å². The van der Waals surface area contributed by atoms with Gasteiger partial charge in [0.25, 0.3) is 0 Å². The Morgan fingerprint density at radius 1 is 1.42 bits per heavy atom. The summed E-state index contributed by atoms with van der Waals surface area (Å²) in [7, 11) is 0. The number of carboxylic acid groups (broad SMARTS) is 1. The van der Waals surface area contributed by atoms with E-state index >= 15 is 0 Å². The molecular formula is C12H20N4O3. The van der Waals surface area contributed by atoms with Gasteiger partial charge >= 0.3 is 5.97 Å². The van der Waals surface area contributed by atoms with E-state index in [4.69, 9.17) is 5.11 Å². The first-order valence-corrected chi connectivity index (χ1v) is 6.32. The van der Waals surface area contributed by atoms with Crippen LogP contribution in [-0.4, -0.2) is 38.5 Å². The highest BCUT2D eigenvalue weighted by atomic mass is 16.4. The van der Waals surface area contributed by atoms with Crippen molar-refractivity contribution in [1.82, 2.24) is 20.3 Å². The van der Waals surface area contributed by atoms with Crippen molar-refractivity contribution in [2.24, 2.45) is 11.8 Å². The van der Waals surface area contributed by atoms with E-state index < -0.39 is 11.9 Å². The minimum Gasteiger partial charge on any atom is -0.481 e. The van der Waals surface area contributed by atoms with Crippen LogP contribution >= 0.6 is 0 Å². The summed E-state index contributed by atoms with van der Waals surface area (Å²) >= 11 is 0. The second-order valence-corrected chi connectivity index (χ2v) is 4.88. The van der Waals surface area contributed by atoms with Gasteiger partial charge in [0.05, 0.1) is 18.7 Å². The number of rotatable bonds is 8. The van der Waals surface area contributed by atoms with Crippen LogP contribution in [0.25, 0.3) is 0 Å². The van der Waals surface area contributed by atoms with Gasteiger partial charge < -0.3 is 10.4 Å². The molecular weight excluding hydrogens is 248 g/mol. The zero-order valence-corrected chi connectivity index (χ0v) is 11.2. The van der Waals surface area contributed by atoms with E-state index in [-0.39, 0.29) is 24.8 Å². The van der Waals surface area contributed by atoms with Crippen molar-refractivity contribution >= 4 is 11.9 Å². The number of carbonyl (C=O) groups excluding carboxylic acids is 1. The molecule has 1 atom stereocenters. The van der Waals surface area contributed by atoms with Gasteiger partial charge in [-0.2, -0.15) is 0 Å². The number of nitrogens with one attached hydrogen (secondary N) is 1. The highest BCUT2D eigenvalue weighted by molar-refractivity contribution is 5.77. The Labute approximate surface area is 112 Å². The number of amides is 1. The Morgan fingerprint density at radius 3 is 2.68 bits per heavy atom. The smallest absolute Gasteiger partial charge is 0.308 e. The van der Waals surface area contributed by atoms with Gasteiger partial charge in [-0.05, 0) is 12.3 Å². The Bertz CT molecular complexity index is 403. The number of hydrogen-bond donors (Lipinski definition) is 2. The highest BCUT2D eigenvalue weighted by Gasteiger charge is 2.19. The van der Waals surface area contributed by atoms with Gasteiger partial charge in [-0.25, -0.2) is 0 Å². The van der Waals surface area contributed by atoms with Crippen molar-refractivity contribution in [2.75, 3.05) is 6.54 Å². The first-order chi connectivity index (χ1) is 8.99. The van der Waals surface area contributed by atoms with E-state index in [1.165, 1.54) is 0 Å². The van der Waals surface area contributed by atoms with Crippen LogP contribution in [0, 0.1) is 11.8 Å². The topological polar surface area (TPSA) is 97.1 Å². The summed E-state index contributed by atoms with van der Waals surface area (Å²) in [5.74, 6) is -1.29. The molecule has 7 nitrogen and oxygen atoms in total. The number of aromatic nitrogens is 3. The maximum atomic E-state index is 11.6. The zero-order valence-electron chi connectivity index (χ0n) is 11.2. The molecule has 1 unspecified atom stereocenters. The lowest BCUT2D eigenvalue weighted by Crippen LogP contribution is -2.34. The van der Waals surface area contributed by atoms with Crippen LogP contribution in [0.15, 0.2) is 12.4 Å². The second kappa shape index (κ2) is 7.50. The standard InChI is InChI=1S/C12H20N4O3/c1-9(2)7-10(12(18)19)8-13-11(17)3-5-16-6-4-14-15-16/h4,6,9-10H,3,5,7-8H2,1-2H3,(H,13,17)(H,18,19). The van der Waals surface area contributed by atoms with Crippen molar-refractivity contribution in [3.05, 3.63) is 12.4 Å². The Kier molecular flexibility index (Phi) is 5.98. The number of aliphatic carboxylic acids is 1. The molecule has 0 aromatic carbocycles. The lowest BCUT2D eigenvalue weighted by Gasteiger charge is -2.15. The number of hydrogen-bond acceptors (Lipinski definition) is 4. The number of aryl methyl sites for hydroxylation is 1. The van der Waals surface area contributed by atoms with Gasteiger partial charge in [-0.3, -0.25) is 14.3 Å². The summed E-state index contributed by atoms with van der Waals surface area (Å²) in [5.41, 5.74) is 0. The van der Waals surface area contributed by atoms with E-state index in [2.05, 4.69) is 15.6 Å². The van der Waals surface area contributed by atoms with Gasteiger partial charge in [0.2, 0.25) is 5.91 Å². The number of carbonyl (C=O) groups is 2. The van der Waals surface area contributed by atoms with Crippen molar-refractivity contribution in [2.45, 2.75) is 33.2 Å². The highest BCUT2D eigenvalue weighted by Crippen LogP contribution is 2.11. The van der Waals surface area contributed by atoms with Crippen molar-refractivity contribution in [3.63, 3.8) is 0 Å². The van der Waals surface area contributed by atoms with Gasteiger partial charge in [-0.1, -0.05) is 19.1 Å². The molecule has 0 aliphatic rings. The van der Waals surface area contributed by atoms with Gasteiger partial charge in [0.15, 0.2) is 0 Å². The molecule has 2 N–H and O–H groups in total. The van der Waals surface area contributed by atoms with Gasteiger partial charge in [-0.15, -0.1) is 5.10 Å². The molecule has 1 amide bonds. The summed E-state index contributed by atoms with van der Waals surface area (Å²) in [6.45, 7) is 4.53. The quantitative estimate of drug-likeness (QED) is 0.717. The molecule has 0 saturated carbocycles. The third-order valence-corrected chi connectivity index (χ3v) is 2.69. The fraction of sp³-hybridized carbons (Fsp3) is 0.667. The fourth-order valence-corrected chi connectivity index (χ4v) is 1.73. The third kappa shape index (κ3) is 5.98. The molecule has 7 heteroatoms. The number of carboxylic acids is 1. The minimum atomic E-state index is -0.870. The largest absolute Gasteiger partial charge is 0.481 e. The Balaban J connectivity index is 2.29. The summed E-state index contributed by atoms with van der Waals surface area (Å²) in [6, 6.07) is 0. The van der Waals surface area contributed by atoms with Crippen LogP contribution in [0.4, 0.5) is 0 Å². The maximum Gasteiger partial charge on any atom is 0.308 e. The van der Waals surface area contributed by atoms with E-state index in [1.54, 1.807) is 17.1 Å². The summed E-state index contributed by atoms with van der Waals surface area (Å²) in [6.07, 6.45) is 4.03. The molecule has 1 aromatic rings. The van der Waals surface area contributed by atoms with Crippen LogP contribution in [0.3, 0.4) is 0 Å². The summed E-state index contributed by atoms with van der Waals surface area (Å²) < 4.78 is 1.56. The Hall–Kier alpha value is -1.92. The summed E-state index contributed by atoms with van der Waals surface area (Å²) in [5, 5.41) is 19.1. The van der Waals surface area contributed by atoms with Crippen molar-refractivity contribution in [3.8, 4) is 0 Å². The predicted molar refractivity (Wildman–Crippen MR) is 68.2 cm³/mol. The average Bonchev–Trinajstić information content (AvgIpc) is 2.84. The Morgan fingerprint density at radius 2 is 2.16 bits per heavy atom. The first kappa shape index (κ1) is 15.1. The fourth-order valence-electron chi connectivity index (χ4n) is 1.73. The predicted octanol–water partition coefficient (Wildman–Crippen LogP) is 0.531. The number of nitrogens with zero attached hydrogens (tertiary/aromatic N) is 3. The molecule has 0 radical (unpaired) electrons.